The lowest BCUT2D eigenvalue weighted by Gasteiger charge is -2.26. The molecular weight excluding hydrogens is 260 g/mol. The summed E-state index contributed by atoms with van der Waals surface area (Å²) in [6.45, 7) is 9.58. The van der Waals surface area contributed by atoms with Crippen LogP contribution >= 0.6 is 0 Å². The van der Waals surface area contributed by atoms with Gasteiger partial charge in [0, 0.05) is 5.54 Å². The minimum Gasteiger partial charge on any atom is -0.398 e. The Kier molecular flexibility index (Phi) is 4.63. The number of hydrogen-bond acceptors (Lipinski definition) is 3. The summed E-state index contributed by atoms with van der Waals surface area (Å²) in [4.78, 5) is 0.166. The Morgan fingerprint density at radius 1 is 1.21 bits per heavy atom. The van der Waals surface area contributed by atoms with Crippen LogP contribution in [0.15, 0.2) is 17.0 Å². The van der Waals surface area contributed by atoms with Crippen molar-refractivity contribution in [3.05, 3.63) is 23.3 Å². The third kappa shape index (κ3) is 3.94. The fourth-order valence-electron chi connectivity index (χ4n) is 2.14. The van der Waals surface area contributed by atoms with Gasteiger partial charge in [-0.2, -0.15) is 0 Å². The van der Waals surface area contributed by atoms with Gasteiger partial charge in [0.2, 0.25) is 10.0 Å². The third-order valence-electron chi connectivity index (χ3n) is 3.20. The standard InChI is InChI=1S/C14H24N2O2S/c1-6-7-14(4,5)16-19(17,18)13-9-11(3)10(2)8-12(13)15/h8-9,16H,6-7,15H2,1-5H3. The van der Waals surface area contributed by atoms with Gasteiger partial charge < -0.3 is 5.73 Å². The molecule has 0 saturated carbocycles. The average molecular weight is 284 g/mol. The molecule has 0 unspecified atom stereocenters. The van der Waals surface area contributed by atoms with Crippen LogP contribution in [0.5, 0.6) is 0 Å². The Bertz CT molecular complexity index is 563. The number of nitrogens with two attached hydrogens (primary N) is 1. The highest BCUT2D eigenvalue weighted by Crippen LogP contribution is 2.24. The van der Waals surface area contributed by atoms with Crippen molar-refractivity contribution in [3.8, 4) is 0 Å². The summed E-state index contributed by atoms with van der Waals surface area (Å²) in [5.74, 6) is 0. The van der Waals surface area contributed by atoms with E-state index in [0.29, 0.717) is 5.69 Å². The fourth-order valence-corrected chi connectivity index (χ4v) is 3.78. The highest BCUT2D eigenvalue weighted by molar-refractivity contribution is 7.89. The largest absolute Gasteiger partial charge is 0.398 e. The molecule has 0 heterocycles. The van der Waals surface area contributed by atoms with Crippen LogP contribution in [0.2, 0.25) is 0 Å². The van der Waals surface area contributed by atoms with Crippen LogP contribution in [-0.4, -0.2) is 14.0 Å². The lowest BCUT2D eigenvalue weighted by atomic mass is 10.0. The molecule has 0 radical (unpaired) electrons. The summed E-state index contributed by atoms with van der Waals surface area (Å²) in [5.41, 5.74) is 7.58. The fraction of sp³-hybridized carbons (Fsp3) is 0.571. The molecule has 1 aromatic rings. The van der Waals surface area contributed by atoms with E-state index in [0.717, 1.165) is 24.0 Å². The zero-order valence-corrected chi connectivity index (χ0v) is 13.2. The number of rotatable bonds is 5. The van der Waals surface area contributed by atoms with E-state index in [1.807, 2.05) is 34.6 Å². The molecule has 0 amide bonds. The Labute approximate surface area is 116 Å². The van der Waals surface area contributed by atoms with Gasteiger partial charge in [0.1, 0.15) is 4.90 Å². The van der Waals surface area contributed by atoms with Crippen molar-refractivity contribution in [2.24, 2.45) is 0 Å². The van der Waals surface area contributed by atoms with Gasteiger partial charge >= 0.3 is 0 Å². The van der Waals surface area contributed by atoms with Crippen molar-refractivity contribution >= 4 is 15.7 Å². The minimum atomic E-state index is -3.59. The number of anilines is 1. The molecule has 0 fully saturated rings. The maximum Gasteiger partial charge on any atom is 0.243 e. The molecule has 0 spiro atoms. The van der Waals surface area contributed by atoms with E-state index < -0.39 is 15.6 Å². The molecule has 4 nitrogen and oxygen atoms in total. The smallest absolute Gasteiger partial charge is 0.243 e. The van der Waals surface area contributed by atoms with Crippen LogP contribution in [-0.2, 0) is 10.0 Å². The van der Waals surface area contributed by atoms with Gasteiger partial charge in [0.15, 0.2) is 0 Å². The van der Waals surface area contributed by atoms with Crippen LogP contribution in [0.3, 0.4) is 0 Å². The summed E-state index contributed by atoms with van der Waals surface area (Å²) in [6, 6.07) is 3.34. The second-order valence-electron chi connectivity index (χ2n) is 5.71. The van der Waals surface area contributed by atoms with E-state index in [-0.39, 0.29) is 4.90 Å². The van der Waals surface area contributed by atoms with Gasteiger partial charge in [-0.25, -0.2) is 13.1 Å². The first-order valence-corrected chi connectivity index (χ1v) is 7.98. The molecule has 0 aliphatic rings. The van der Waals surface area contributed by atoms with Crippen molar-refractivity contribution in [1.82, 2.24) is 4.72 Å². The lowest BCUT2D eigenvalue weighted by molar-refractivity contribution is 0.418. The Morgan fingerprint density at radius 2 is 1.74 bits per heavy atom. The number of aryl methyl sites for hydroxylation is 2. The summed E-state index contributed by atoms with van der Waals surface area (Å²) < 4.78 is 27.6. The van der Waals surface area contributed by atoms with Gasteiger partial charge in [0.25, 0.3) is 0 Å². The first-order valence-electron chi connectivity index (χ1n) is 6.50. The number of nitrogens with one attached hydrogen (secondary N) is 1. The Morgan fingerprint density at radius 3 is 2.26 bits per heavy atom. The molecule has 3 N–H and O–H groups in total. The monoisotopic (exact) mass is 284 g/mol. The molecule has 0 aliphatic heterocycles. The van der Waals surface area contributed by atoms with E-state index in [2.05, 4.69) is 4.72 Å². The van der Waals surface area contributed by atoms with Crippen molar-refractivity contribution in [1.29, 1.82) is 0 Å². The predicted octanol–water partition coefficient (Wildman–Crippen LogP) is 2.74. The average Bonchev–Trinajstić information content (AvgIpc) is 2.21. The molecule has 0 atom stereocenters. The summed E-state index contributed by atoms with van der Waals surface area (Å²) in [6.07, 6.45) is 1.69. The molecule has 0 aliphatic carbocycles. The highest BCUT2D eigenvalue weighted by Gasteiger charge is 2.27. The molecule has 5 heteroatoms. The normalized spacial score (nSPS) is 12.7. The Balaban J connectivity index is 3.18. The van der Waals surface area contributed by atoms with Crippen LogP contribution < -0.4 is 10.5 Å². The molecule has 1 aromatic carbocycles. The second kappa shape index (κ2) is 5.51. The highest BCUT2D eigenvalue weighted by atomic mass is 32.2. The van der Waals surface area contributed by atoms with Gasteiger partial charge in [-0.3, -0.25) is 0 Å². The predicted molar refractivity (Wildman–Crippen MR) is 79.6 cm³/mol. The zero-order valence-electron chi connectivity index (χ0n) is 12.4. The van der Waals surface area contributed by atoms with Gasteiger partial charge in [0.05, 0.1) is 5.69 Å². The number of benzene rings is 1. The van der Waals surface area contributed by atoms with E-state index in [1.165, 1.54) is 0 Å². The van der Waals surface area contributed by atoms with Gasteiger partial charge in [-0.05, 0) is 57.4 Å². The molecule has 108 valence electrons. The molecule has 19 heavy (non-hydrogen) atoms. The quantitative estimate of drug-likeness (QED) is 0.817. The van der Waals surface area contributed by atoms with Crippen LogP contribution in [0, 0.1) is 13.8 Å². The van der Waals surface area contributed by atoms with Crippen molar-refractivity contribution in [2.75, 3.05) is 5.73 Å². The van der Waals surface area contributed by atoms with E-state index >= 15 is 0 Å². The first kappa shape index (κ1) is 16.0. The first-order chi connectivity index (χ1) is 8.59. The molecule has 0 bridgehead atoms. The molecule has 0 aromatic heterocycles. The third-order valence-corrected chi connectivity index (χ3v) is 4.96. The molecular formula is C14H24N2O2S. The van der Waals surface area contributed by atoms with E-state index in [4.69, 9.17) is 5.73 Å². The van der Waals surface area contributed by atoms with Crippen molar-refractivity contribution in [2.45, 2.75) is 57.9 Å². The minimum absolute atomic E-state index is 0.166. The van der Waals surface area contributed by atoms with E-state index in [1.54, 1.807) is 12.1 Å². The summed E-state index contributed by atoms with van der Waals surface area (Å²) in [7, 11) is -3.59. The maximum atomic E-state index is 12.4. The molecule has 0 saturated heterocycles. The summed E-state index contributed by atoms with van der Waals surface area (Å²) >= 11 is 0. The zero-order chi connectivity index (χ0) is 14.8. The van der Waals surface area contributed by atoms with Crippen LogP contribution in [0.1, 0.15) is 44.7 Å². The van der Waals surface area contributed by atoms with Crippen molar-refractivity contribution < 1.29 is 8.42 Å². The maximum absolute atomic E-state index is 12.4. The van der Waals surface area contributed by atoms with Crippen molar-refractivity contribution in [3.63, 3.8) is 0 Å². The SMILES string of the molecule is CCCC(C)(C)NS(=O)(=O)c1cc(C)c(C)cc1N. The second-order valence-corrected chi connectivity index (χ2v) is 7.36. The number of hydrogen-bond donors (Lipinski definition) is 2. The van der Waals surface area contributed by atoms with E-state index in [9.17, 15) is 8.42 Å². The number of nitrogen functional groups attached to an aromatic ring is 1. The van der Waals surface area contributed by atoms with Crippen LogP contribution in [0.4, 0.5) is 5.69 Å². The van der Waals surface area contributed by atoms with Crippen LogP contribution in [0.25, 0.3) is 0 Å². The topological polar surface area (TPSA) is 72.2 Å². The summed E-state index contributed by atoms with van der Waals surface area (Å²) in [5, 5.41) is 0. The van der Waals surface area contributed by atoms with Gasteiger partial charge in [-0.1, -0.05) is 13.3 Å². The lowest BCUT2D eigenvalue weighted by Crippen LogP contribution is -2.43. The Hall–Kier alpha value is -1.07. The molecule has 1 rings (SSSR count). The van der Waals surface area contributed by atoms with Gasteiger partial charge in [-0.15, -0.1) is 0 Å². The number of sulfonamides is 1.